The molecule has 1 N–H and O–H groups in total. The molecule has 7 heteroatoms. The largest absolute Gasteiger partial charge is 0.456 e. The summed E-state index contributed by atoms with van der Waals surface area (Å²) in [4.78, 5) is 35.7. The van der Waals surface area contributed by atoms with Crippen LogP contribution in [0.2, 0.25) is 0 Å². The van der Waals surface area contributed by atoms with Crippen molar-refractivity contribution in [2.75, 3.05) is 11.9 Å². The van der Waals surface area contributed by atoms with E-state index in [1.165, 1.54) is 0 Å². The number of ether oxygens (including phenoxy) is 1. The molecule has 0 saturated heterocycles. The van der Waals surface area contributed by atoms with E-state index in [-0.39, 0.29) is 18.6 Å². The highest BCUT2D eigenvalue weighted by atomic mass is 16.5. The van der Waals surface area contributed by atoms with Crippen molar-refractivity contribution in [1.82, 2.24) is 0 Å². The number of carbonyl (C=O) groups excluding carboxylic acids is 3. The van der Waals surface area contributed by atoms with Gasteiger partial charge in [-0.2, -0.15) is 10.2 Å². The van der Waals surface area contributed by atoms with E-state index in [1.807, 2.05) is 36.4 Å². The zero-order valence-corrected chi connectivity index (χ0v) is 16.7. The fourth-order valence-corrected chi connectivity index (χ4v) is 2.62. The second-order valence-electron chi connectivity index (χ2n) is 6.58. The quantitative estimate of drug-likeness (QED) is 0.293. The molecule has 3 aromatic carbocycles. The Labute approximate surface area is 179 Å². The number of rotatable bonds is 9. The van der Waals surface area contributed by atoms with Gasteiger partial charge in [0.2, 0.25) is 0 Å². The first kappa shape index (κ1) is 21.6. The molecule has 0 aliphatic rings. The Morgan fingerprint density at radius 3 is 1.94 bits per heavy atom. The normalized spacial score (nSPS) is 10.6. The van der Waals surface area contributed by atoms with Crippen LogP contribution in [0.5, 0.6) is 0 Å². The van der Waals surface area contributed by atoms with Crippen LogP contribution < -0.4 is 5.32 Å². The predicted molar refractivity (Wildman–Crippen MR) is 117 cm³/mol. The molecule has 1 amide bonds. The summed E-state index contributed by atoms with van der Waals surface area (Å²) in [7, 11) is 0. The number of hydrogen-bond donors (Lipinski definition) is 1. The molecular weight excluding hydrogens is 394 g/mol. The molecular formula is C24H21N3O4. The molecule has 7 nitrogen and oxygen atoms in total. The van der Waals surface area contributed by atoms with Crippen LogP contribution in [0.1, 0.15) is 23.2 Å². The van der Waals surface area contributed by atoms with E-state index in [9.17, 15) is 14.4 Å². The van der Waals surface area contributed by atoms with Crippen molar-refractivity contribution in [3.05, 3.63) is 90.5 Å². The van der Waals surface area contributed by atoms with Crippen molar-refractivity contribution >= 4 is 34.7 Å². The SMILES string of the molecule is O=C(COC(=O)CCC(=O)c1ccccc1)Nc1ccc(N=Nc2ccccc2)cc1. The number of ketones is 1. The molecule has 0 atom stereocenters. The number of amides is 1. The van der Waals surface area contributed by atoms with Gasteiger partial charge in [-0.3, -0.25) is 14.4 Å². The molecule has 3 rings (SSSR count). The first-order valence-corrected chi connectivity index (χ1v) is 9.71. The number of hydrogen-bond acceptors (Lipinski definition) is 6. The maximum absolute atomic E-state index is 12.0. The molecule has 0 aliphatic carbocycles. The van der Waals surface area contributed by atoms with E-state index < -0.39 is 18.5 Å². The van der Waals surface area contributed by atoms with Crippen LogP contribution in [-0.4, -0.2) is 24.3 Å². The Kier molecular flexibility index (Phi) is 7.77. The lowest BCUT2D eigenvalue weighted by atomic mass is 10.1. The fraction of sp³-hybridized carbons (Fsp3) is 0.125. The van der Waals surface area contributed by atoms with E-state index in [0.29, 0.717) is 16.9 Å². The van der Waals surface area contributed by atoms with Gasteiger partial charge < -0.3 is 10.1 Å². The van der Waals surface area contributed by atoms with Gasteiger partial charge in [0.1, 0.15) is 0 Å². The van der Waals surface area contributed by atoms with Gasteiger partial charge in [-0.05, 0) is 36.4 Å². The molecule has 0 fully saturated rings. The minimum atomic E-state index is -0.601. The maximum Gasteiger partial charge on any atom is 0.306 e. The van der Waals surface area contributed by atoms with E-state index in [4.69, 9.17) is 4.74 Å². The zero-order valence-electron chi connectivity index (χ0n) is 16.7. The van der Waals surface area contributed by atoms with Gasteiger partial charge in [0.25, 0.3) is 5.91 Å². The van der Waals surface area contributed by atoms with E-state index in [1.54, 1.807) is 48.5 Å². The molecule has 0 saturated carbocycles. The fourth-order valence-electron chi connectivity index (χ4n) is 2.62. The molecule has 0 heterocycles. The Balaban J connectivity index is 1.39. The number of benzene rings is 3. The Morgan fingerprint density at radius 2 is 1.29 bits per heavy atom. The minimum absolute atomic E-state index is 0.0312. The highest BCUT2D eigenvalue weighted by Crippen LogP contribution is 2.20. The van der Waals surface area contributed by atoms with Crippen LogP contribution in [0.15, 0.2) is 95.2 Å². The average Bonchev–Trinajstić information content (AvgIpc) is 2.82. The molecule has 31 heavy (non-hydrogen) atoms. The Hall–Kier alpha value is -4.13. The number of carbonyl (C=O) groups is 3. The molecule has 0 aliphatic heterocycles. The highest BCUT2D eigenvalue weighted by Gasteiger charge is 2.12. The lowest BCUT2D eigenvalue weighted by Gasteiger charge is -2.07. The Morgan fingerprint density at radius 1 is 0.710 bits per heavy atom. The van der Waals surface area contributed by atoms with Crippen LogP contribution in [-0.2, 0) is 14.3 Å². The van der Waals surface area contributed by atoms with Crippen molar-refractivity contribution in [2.45, 2.75) is 12.8 Å². The third-order valence-electron chi connectivity index (χ3n) is 4.20. The predicted octanol–water partition coefficient (Wildman–Crippen LogP) is 5.25. The summed E-state index contributed by atoms with van der Waals surface area (Å²) in [5.74, 6) is -1.22. The standard InChI is InChI=1S/C24H21N3O4/c28-22(18-7-3-1-4-8-18)15-16-24(30)31-17-23(29)25-19-11-13-21(14-12-19)27-26-20-9-5-2-6-10-20/h1-14H,15-17H2,(H,25,29). The van der Waals surface area contributed by atoms with Crippen LogP contribution >= 0.6 is 0 Å². The second kappa shape index (κ2) is 11.2. The summed E-state index contributed by atoms with van der Waals surface area (Å²) in [5, 5.41) is 10.9. The van der Waals surface area contributed by atoms with Gasteiger partial charge in [-0.1, -0.05) is 48.5 Å². The van der Waals surface area contributed by atoms with Gasteiger partial charge in [0, 0.05) is 17.7 Å². The molecule has 0 aromatic heterocycles. The molecule has 3 aromatic rings. The topological polar surface area (TPSA) is 97.2 Å². The maximum atomic E-state index is 12.0. The third kappa shape index (κ3) is 7.32. The van der Waals surface area contributed by atoms with E-state index in [0.717, 1.165) is 5.69 Å². The van der Waals surface area contributed by atoms with Crippen LogP contribution in [0.3, 0.4) is 0 Å². The van der Waals surface area contributed by atoms with Crippen LogP contribution in [0.25, 0.3) is 0 Å². The van der Waals surface area contributed by atoms with Gasteiger partial charge in [-0.25, -0.2) is 0 Å². The van der Waals surface area contributed by atoms with Crippen LogP contribution in [0.4, 0.5) is 17.1 Å². The monoisotopic (exact) mass is 415 g/mol. The van der Waals surface area contributed by atoms with Gasteiger partial charge in [0.05, 0.1) is 17.8 Å². The highest BCUT2D eigenvalue weighted by molar-refractivity contribution is 5.98. The smallest absolute Gasteiger partial charge is 0.306 e. The first-order valence-electron chi connectivity index (χ1n) is 9.71. The second-order valence-corrected chi connectivity index (χ2v) is 6.58. The lowest BCUT2D eigenvalue weighted by Crippen LogP contribution is -2.21. The van der Waals surface area contributed by atoms with Crippen LogP contribution in [0, 0.1) is 0 Å². The van der Waals surface area contributed by atoms with Gasteiger partial charge >= 0.3 is 5.97 Å². The number of nitrogens with zero attached hydrogens (tertiary/aromatic N) is 2. The number of Topliss-reactive ketones (excluding diaryl/α,β-unsaturated/α-hetero) is 1. The molecule has 0 radical (unpaired) electrons. The van der Waals surface area contributed by atoms with E-state index >= 15 is 0 Å². The lowest BCUT2D eigenvalue weighted by molar-refractivity contribution is -0.147. The zero-order chi connectivity index (χ0) is 21.9. The summed E-state index contributed by atoms with van der Waals surface area (Å²) in [5.41, 5.74) is 2.46. The molecule has 156 valence electrons. The summed E-state index contributed by atoms with van der Waals surface area (Å²) in [6, 6.07) is 24.8. The number of nitrogens with one attached hydrogen (secondary N) is 1. The number of anilines is 1. The molecule has 0 spiro atoms. The summed E-state index contributed by atoms with van der Waals surface area (Å²) in [6.07, 6.45) is -0.0500. The van der Waals surface area contributed by atoms with Crippen molar-refractivity contribution < 1.29 is 19.1 Å². The van der Waals surface area contributed by atoms with Gasteiger partial charge in [0.15, 0.2) is 12.4 Å². The van der Waals surface area contributed by atoms with Crippen molar-refractivity contribution in [2.24, 2.45) is 10.2 Å². The first-order chi connectivity index (χ1) is 15.1. The average molecular weight is 415 g/mol. The van der Waals surface area contributed by atoms with Crippen molar-refractivity contribution in [3.8, 4) is 0 Å². The third-order valence-corrected chi connectivity index (χ3v) is 4.20. The molecule has 0 bridgehead atoms. The minimum Gasteiger partial charge on any atom is -0.456 e. The number of azo groups is 1. The Bertz CT molecular complexity index is 1050. The van der Waals surface area contributed by atoms with Gasteiger partial charge in [-0.15, -0.1) is 0 Å². The van der Waals surface area contributed by atoms with Crippen molar-refractivity contribution in [1.29, 1.82) is 0 Å². The molecule has 0 unspecified atom stereocenters. The summed E-state index contributed by atoms with van der Waals surface area (Å²) in [6.45, 7) is -0.423. The summed E-state index contributed by atoms with van der Waals surface area (Å²) >= 11 is 0. The summed E-state index contributed by atoms with van der Waals surface area (Å²) < 4.78 is 4.94. The van der Waals surface area contributed by atoms with E-state index in [2.05, 4.69) is 15.5 Å². The number of esters is 1. The van der Waals surface area contributed by atoms with Crippen molar-refractivity contribution in [3.63, 3.8) is 0 Å².